The van der Waals surface area contributed by atoms with Crippen LogP contribution in [-0.4, -0.2) is 30.0 Å². The third-order valence-corrected chi connectivity index (χ3v) is 2.96. The average molecular weight is 272 g/mol. The van der Waals surface area contributed by atoms with Gasteiger partial charge in [0, 0.05) is 5.56 Å². The van der Waals surface area contributed by atoms with Crippen molar-refractivity contribution in [2.24, 2.45) is 0 Å². The Kier molecular flexibility index (Phi) is 4.30. The number of nitrogens with zero attached hydrogens (tertiary/aromatic N) is 2. The Labute approximate surface area is 117 Å². The Morgan fingerprint density at radius 1 is 1.15 bits per heavy atom. The molecule has 20 heavy (non-hydrogen) atoms. The molecule has 0 radical (unpaired) electrons. The minimum Gasteiger partial charge on any atom is -0.480 e. The standard InChI is InChI=1S/C15H16N2O3/c1-4-10-5-7-11(8-6-10)14(18)13-15(20-3)17-12(19-2)9-16-13/h5-9H,4H2,1-3H3. The summed E-state index contributed by atoms with van der Waals surface area (Å²) in [5.74, 6) is 0.244. The van der Waals surface area contributed by atoms with Gasteiger partial charge in [0.25, 0.3) is 0 Å². The number of carbonyl (C=O) groups is 1. The summed E-state index contributed by atoms with van der Waals surface area (Å²) in [5.41, 5.74) is 1.91. The van der Waals surface area contributed by atoms with E-state index in [-0.39, 0.29) is 17.4 Å². The van der Waals surface area contributed by atoms with Crippen LogP contribution in [0, 0.1) is 0 Å². The van der Waals surface area contributed by atoms with Gasteiger partial charge >= 0.3 is 0 Å². The SMILES string of the molecule is CCc1ccc(C(=O)c2ncc(OC)nc2OC)cc1. The first-order valence-electron chi connectivity index (χ1n) is 6.28. The van der Waals surface area contributed by atoms with Gasteiger partial charge < -0.3 is 9.47 Å². The molecule has 0 spiro atoms. The van der Waals surface area contributed by atoms with E-state index in [1.807, 2.05) is 12.1 Å². The highest BCUT2D eigenvalue weighted by Gasteiger charge is 2.18. The van der Waals surface area contributed by atoms with Crippen LogP contribution >= 0.6 is 0 Å². The molecule has 0 fully saturated rings. The normalized spacial score (nSPS) is 10.2. The van der Waals surface area contributed by atoms with Crippen molar-refractivity contribution in [1.29, 1.82) is 0 Å². The van der Waals surface area contributed by atoms with Crippen molar-refractivity contribution in [2.45, 2.75) is 13.3 Å². The summed E-state index contributed by atoms with van der Waals surface area (Å²) < 4.78 is 10.1. The fraction of sp³-hybridized carbons (Fsp3) is 0.267. The van der Waals surface area contributed by atoms with Gasteiger partial charge in [-0.1, -0.05) is 31.2 Å². The molecular weight excluding hydrogens is 256 g/mol. The summed E-state index contributed by atoms with van der Waals surface area (Å²) in [5, 5.41) is 0. The van der Waals surface area contributed by atoms with E-state index in [2.05, 4.69) is 16.9 Å². The van der Waals surface area contributed by atoms with Crippen LogP contribution in [0.25, 0.3) is 0 Å². The van der Waals surface area contributed by atoms with Crippen LogP contribution in [0.5, 0.6) is 11.8 Å². The lowest BCUT2D eigenvalue weighted by Gasteiger charge is -2.07. The van der Waals surface area contributed by atoms with Crippen LogP contribution < -0.4 is 9.47 Å². The van der Waals surface area contributed by atoms with Crippen molar-refractivity contribution in [3.05, 3.63) is 47.3 Å². The van der Waals surface area contributed by atoms with Gasteiger partial charge in [-0.15, -0.1) is 0 Å². The van der Waals surface area contributed by atoms with Crippen LogP contribution in [0.15, 0.2) is 30.5 Å². The summed E-state index contributed by atoms with van der Waals surface area (Å²) in [6, 6.07) is 7.42. The maximum atomic E-state index is 12.4. The summed E-state index contributed by atoms with van der Waals surface area (Å²) >= 11 is 0. The van der Waals surface area contributed by atoms with Gasteiger partial charge in [-0.2, -0.15) is 4.98 Å². The minimum atomic E-state index is -0.223. The monoisotopic (exact) mass is 272 g/mol. The lowest BCUT2D eigenvalue weighted by Crippen LogP contribution is -2.08. The fourth-order valence-electron chi connectivity index (χ4n) is 1.78. The molecule has 5 heteroatoms. The van der Waals surface area contributed by atoms with Crippen molar-refractivity contribution < 1.29 is 14.3 Å². The molecule has 0 aliphatic rings. The van der Waals surface area contributed by atoms with Crippen LogP contribution in [0.3, 0.4) is 0 Å². The molecule has 0 unspecified atom stereocenters. The smallest absolute Gasteiger partial charge is 0.247 e. The van der Waals surface area contributed by atoms with Gasteiger partial charge in [-0.25, -0.2) is 4.98 Å². The predicted molar refractivity (Wildman–Crippen MR) is 74.4 cm³/mol. The van der Waals surface area contributed by atoms with Crippen LogP contribution in [-0.2, 0) is 6.42 Å². The molecular formula is C15H16N2O3. The number of ether oxygens (including phenoxy) is 2. The van der Waals surface area contributed by atoms with Gasteiger partial charge in [-0.05, 0) is 12.0 Å². The summed E-state index contributed by atoms with van der Waals surface area (Å²) in [4.78, 5) is 20.5. The Hall–Kier alpha value is -2.43. The summed E-state index contributed by atoms with van der Waals surface area (Å²) in [7, 11) is 2.93. The third kappa shape index (κ3) is 2.77. The molecule has 0 saturated carbocycles. The van der Waals surface area contributed by atoms with Crippen molar-refractivity contribution in [2.75, 3.05) is 14.2 Å². The molecule has 0 aliphatic heterocycles. The number of hydrogen-bond donors (Lipinski definition) is 0. The summed E-state index contributed by atoms with van der Waals surface area (Å²) in [6.07, 6.45) is 2.33. The van der Waals surface area contributed by atoms with E-state index < -0.39 is 0 Å². The summed E-state index contributed by atoms with van der Waals surface area (Å²) in [6.45, 7) is 2.06. The van der Waals surface area contributed by atoms with Crippen LogP contribution in [0.1, 0.15) is 28.5 Å². The molecule has 0 N–H and O–H groups in total. The van der Waals surface area contributed by atoms with Gasteiger partial charge in [0.2, 0.25) is 17.5 Å². The number of hydrogen-bond acceptors (Lipinski definition) is 5. The number of ketones is 1. The number of aromatic nitrogens is 2. The largest absolute Gasteiger partial charge is 0.480 e. The molecule has 0 atom stereocenters. The first kappa shape index (κ1) is 14.0. The van der Waals surface area contributed by atoms with Gasteiger partial charge in [-0.3, -0.25) is 4.79 Å². The van der Waals surface area contributed by atoms with E-state index in [0.29, 0.717) is 11.4 Å². The van der Waals surface area contributed by atoms with Crippen molar-refractivity contribution >= 4 is 5.78 Å². The molecule has 2 aromatic rings. The van der Waals surface area contributed by atoms with Crippen molar-refractivity contribution in [3.63, 3.8) is 0 Å². The zero-order chi connectivity index (χ0) is 14.5. The second-order valence-corrected chi connectivity index (χ2v) is 4.15. The van der Waals surface area contributed by atoms with Crippen LogP contribution in [0.2, 0.25) is 0 Å². The molecule has 1 aromatic carbocycles. The first-order chi connectivity index (χ1) is 9.69. The highest BCUT2D eigenvalue weighted by Crippen LogP contribution is 2.20. The second kappa shape index (κ2) is 6.14. The Morgan fingerprint density at radius 3 is 2.40 bits per heavy atom. The van der Waals surface area contributed by atoms with E-state index in [0.717, 1.165) is 6.42 Å². The molecule has 0 bridgehead atoms. The van der Waals surface area contributed by atoms with Gasteiger partial charge in [0.15, 0.2) is 5.69 Å². The predicted octanol–water partition coefficient (Wildman–Crippen LogP) is 2.29. The van der Waals surface area contributed by atoms with Gasteiger partial charge in [0.05, 0.1) is 20.4 Å². The van der Waals surface area contributed by atoms with Crippen LogP contribution in [0.4, 0.5) is 0 Å². The number of carbonyl (C=O) groups excluding carboxylic acids is 1. The lowest BCUT2D eigenvalue weighted by atomic mass is 10.0. The molecule has 0 aliphatic carbocycles. The Bertz CT molecular complexity index is 609. The maximum absolute atomic E-state index is 12.4. The zero-order valence-corrected chi connectivity index (χ0v) is 11.7. The number of rotatable bonds is 5. The van der Waals surface area contributed by atoms with E-state index >= 15 is 0 Å². The number of methoxy groups -OCH3 is 2. The number of aryl methyl sites for hydroxylation is 1. The maximum Gasteiger partial charge on any atom is 0.247 e. The highest BCUT2D eigenvalue weighted by atomic mass is 16.5. The number of benzene rings is 1. The third-order valence-electron chi connectivity index (χ3n) is 2.96. The topological polar surface area (TPSA) is 61.3 Å². The highest BCUT2D eigenvalue weighted by molar-refractivity contribution is 6.09. The van der Waals surface area contributed by atoms with E-state index in [1.165, 1.54) is 26.0 Å². The molecule has 0 saturated heterocycles. The minimum absolute atomic E-state index is 0.161. The molecule has 1 heterocycles. The van der Waals surface area contributed by atoms with Crippen molar-refractivity contribution in [3.8, 4) is 11.8 Å². The molecule has 2 rings (SSSR count). The quantitative estimate of drug-likeness (QED) is 0.781. The lowest BCUT2D eigenvalue weighted by molar-refractivity contribution is 0.103. The van der Waals surface area contributed by atoms with E-state index in [9.17, 15) is 4.79 Å². The molecule has 0 amide bonds. The van der Waals surface area contributed by atoms with Crippen molar-refractivity contribution in [1.82, 2.24) is 9.97 Å². The Morgan fingerprint density at radius 2 is 1.85 bits per heavy atom. The fourth-order valence-corrected chi connectivity index (χ4v) is 1.78. The molecule has 104 valence electrons. The van der Waals surface area contributed by atoms with E-state index in [4.69, 9.17) is 9.47 Å². The second-order valence-electron chi connectivity index (χ2n) is 4.15. The average Bonchev–Trinajstić information content (AvgIpc) is 2.53. The molecule has 1 aromatic heterocycles. The van der Waals surface area contributed by atoms with Gasteiger partial charge in [0.1, 0.15) is 0 Å². The van der Waals surface area contributed by atoms with E-state index in [1.54, 1.807) is 12.1 Å². The first-order valence-corrected chi connectivity index (χ1v) is 6.28. The molecule has 5 nitrogen and oxygen atoms in total. The zero-order valence-electron chi connectivity index (χ0n) is 11.7. The Balaban J connectivity index is 2.36.